The van der Waals surface area contributed by atoms with Gasteiger partial charge in [0.1, 0.15) is 17.1 Å². The number of hydrogen-bond acceptors (Lipinski definition) is 3. The molecule has 0 spiro atoms. The second kappa shape index (κ2) is 5.48. The summed E-state index contributed by atoms with van der Waals surface area (Å²) in [5.74, 6) is -0.399. The molecule has 1 aliphatic heterocycles. The van der Waals surface area contributed by atoms with E-state index in [0.717, 1.165) is 0 Å². The normalized spacial score (nSPS) is 17.6. The highest BCUT2D eigenvalue weighted by molar-refractivity contribution is 5.92. The van der Waals surface area contributed by atoms with Crippen LogP contribution in [0.2, 0.25) is 0 Å². The highest BCUT2D eigenvalue weighted by Crippen LogP contribution is 2.18. The van der Waals surface area contributed by atoms with Crippen molar-refractivity contribution in [1.29, 1.82) is 0 Å². The maximum atomic E-state index is 12.7. The van der Waals surface area contributed by atoms with Crippen LogP contribution in [0.25, 0.3) is 0 Å². The largest absolute Gasteiger partial charge is 0.484 e. The third-order valence-corrected chi connectivity index (χ3v) is 3.33. The molecular weight excluding hydrogens is 263 g/mol. The van der Waals surface area contributed by atoms with Gasteiger partial charge in [0.25, 0.3) is 5.91 Å². The first-order chi connectivity index (χ1) is 9.41. The number of amides is 2. The van der Waals surface area contributed by atoms with E-state index < -0.39 is 5.54 Å². The fourth-order valence-corrected chi connectivity index (χ4v) is 2.09. The van der Waals surface area contributed by atoms with Gasteiger partial charge in [-0.25, -0.2) is 4.39 Å². The first kappa shape index (κ1) is 14.3. The Morgan fingerprint density at radius 1 is 1.40 bits per heavy atom. The Hall–Kier alpha value is -2.11. The van der Waals surface area contributed by atoms with Crippen LogP contribution in [0.1, 0.15) is 13.8 Å². The van der Waals surface area contributed by atoms with Gasteiger partial charge in [-0.2, -0.15) is 0 Å². The lowest BCUT2D eigenvalue weighted by Crippen LogP contribution is -2.64. The van der Waals surface area contributed by atoms with Gasteiger partial charge in [-0.15, -0.1) is 0 Å². The number of carbonyl (C=O) groups excluding carboxylic acids is 2. The second-order valence-electron chi connectivity index (χ2n) is 5.10. The van der Waals surface area contributed by atoms with E-state index in [1.807, 2.05) is 0 Å². The molecule has 108 valence electrons. The number of piperazine rings is 1. The molecule has 0 aliphatic carbocycles. The lowest BCUT2D eigenvalue weighted by atomic mass is 9.99. The van der Waals surface area contributed by atoms with E-state index in [0.29, 0.717) is 18.8 Å². The fourth-order valence-electron chi connectivity index (χ4n) is 2.09. The topological polar surface area (TPSA) is 58.6 Å². The third-order valence-electron chi connectivity index (χ3n) is 3.33. The summed E-state index contributed by atoms with van der Waals surface area (Å²) in [5, 5.41) is 2.72. The van der Waals surface area contributed by atoms with Crippen LogP contribution < -0.4 is 10.1 Å². The number of ether oxygens (including phenoxy) is 1. The highest BCUT2D eigenvalue weighted by Gasteiger charge is 2.40. The summed E-state index contributed by atoms with van der Waals surface area (Å²) in [6.45, 7) is 4.09. The Morgan fingerprint density at radius 3 is 2.70 bits per heavy atom. The van der Waals surface area contributed by atoms with Gasteiger partial charge < -0.3 is 15.0 Å². The van der Waals surface area contributed by atoms with E-state index in [4.69, 9.17) is 4.74 Å². The van der Waals surface area contributed by atoms with Crippen LogP contribution in [0.4, 0.5) is 4.39 Å². The van der Waals surface area contributed by atoms with Gasteiger partial charge in [0.2, 0.25) is 5.91 Å². The third kappa shape index (κ3) is 2.89. The Morgan fingerprint density at radius 2 is 2.05 bits per heavy atom. The number of nitrogens with zero attached hydrogens (tertiary/aromatic N) is 1. The molecule has 0 aromatic heterocycles. The average Bonchev–Trinajstić information content (AvgIpc) is 2.41. The SMILES string of the molecule is CC1(C)C(=O)NCCN1C(=O)COc1ccc(F)cc1. The zero-order valence-corrected chi connectivity index (χ0v) is 11.5. The monoisotopic (exact) mass is 280 g/mol. The minimum Gasteiger partial charge on any atom is -0.484 e. The summed E-state index contributed by atoms with van der Waals surface area (Å²) in [6.07, 6.45) is 0. The smallest absolute Gasteiger partial charge is 0.261 e. The molecule has 1 N–H and O–H groups in total. The van der Waals surface area contributed by atoms with Crippen molar-refractivity contribution in [1.82, 2.24) is 10.2 Å². The van der Waals surface area contributed by atoms with Crippen LogP contribution >= 0.6 is 0 Å². The van der Waals surface area contributed by atoms with Crippen molar-refractivity contribution in [2.24, 2.45) is 0 Å². The molecule has 1 aliphatic rings. The maximum absolute atomic E-state index is 12.7. The number of rotatable bonds is 3. The summed E-state index contributed by atoms with van der Waals surface area (Å²) < 4.78 is 18.1. The van der Waals surface area contributed by atoms with E-state index in [1.165, 1.54) is 29.2 Å². The van der Waals surface area contributed by atoms with Crippen molar-refractivity contribution in [3.05, 3.63) is 30.1 Å². The molecular formula is C14H17FN2O3. The lowest BCUT2D eigenvalue weighted by molar-refractivity contribution is -0.150. The molecule has 0 atom stereocenters. The number of nitrogens with one attached hydrogen (secondary N) is 1. The van der Waals surface area contributed by atoms with E-state index in [1.54, 1.807) is 13.8 Å². The van der Waals surface area contributed by atoms with Crippen LogP contribution in [0.5, 0.6) is 5.75 Å². The molecule has 1 aromatic carbocycles. The van der Waals surface area contributed by atoms with Crippen LogP contribution in [-0.2, 0) is 9.59 Å². The number of benzene rings is 1. The van der Waals surface area contributed by atoms with Crippen molar-refractivity contribution >= 4 is 11.8 Å². The summed E-state index contributed by atoms with van der Waals surface area (Å²) >= 11 is 0. The van der Waals surface area contributed by atoms with Crippen molar-refractivity contribution < 1.29 is 18.7 Å². The summed E-state index contributed by atoms with van der Waals surface area (Å²) in [7, 11) is 0. The molecule has 1 aromatic rings. The van der Waals surface area contributed by atoms with E-state index in [9.17, 15) is 14.0 Å². The van der Waals surface area contributed by atoms with Gasteiger partial charge in [0.05, 0.1) is 0 Å². The predicted molar refractivity (Wildman–Crippen MR) is 70.7 cm³/mol. The molecule has 0 radical (unpaired) electrons. The molecule has 5 nitrogen and oxygen atoms in total. The summed E-state index contributed by atoms with van der Waals surface area (Å²) in [6, 6.07) is 5.43. The Labute approximate surface area is 116 Å². The summed E-state index contributed by atoms with van der Waals surface area (Å²) in [4.78, 5) is 25.4. The molecule has 1 saturated heterocycles. The van der Waals surface area contributed by atoms with Crippen LogP contribution in [0.3, 0.4) is 0 Å². The van der Waals surface area contributed by atoms with Gasteiger partial charge in [-0.1, -0.05) is 0 Å². The summed E-state index contributed by atoms with van der Waals surface area (Å²) in [5.41, 5.74) is -0.887. The van der Waals surface area contributed by atoms with Gasteiger partial charge in [-0.05, 0) is 38.1 Å². The highest BCUT2D eigenvalue weighted by atomic mass is 19.1. The first-order valence-electron chi connectivity index (χ1n) is 6.38. The standard InChI is InChI=1S/C14H17FN2O3/c1-14(2)13(19)16-7-8-17(14)12(18)9-20-11-5-3-10(15)4-6-11/h3-6H,7-9H2,1-2H3,(H,16,19). The molecule has 0 unspecified atom stereocenters. The number of halogens is 1. The Kier molecular flexibility index (Phi) is 3.92. The van der Waals surface area contributed by atoms with E-state index >= 15 is 0 Å². The van der Waals surface area contributed by atoms with Crippen molar-refractivity contribution in [2.75, 3.05) is 19.7 Å². The zero-order valence-electron chi connectivity index (χ0n) is 11.5. The zero-order chi connectivity index (χ0) is 14.8. The van der Waals surface area contributed by atoms with Gasteiger partial charge in [-0.3, -0.25) is 9.59 Å². The molecule has 2 rings (SSSR count). The van der Waals surface area contributed by atoms with Crippen LogP contribution in [-0.4, -0.2) is 41.9 Å². The molecule has 0 bridgehead atoms. The molecule has 0 saturated carbocycles. The minimum atomic E-state index is -0.887. The van der Waals surface area contributed by atoms with Crippen molar-refractivity contribution in [2.45, 2.75) is 19.4 Å². The quantitative estimate of drug-likeness (QED) is 0.896. The number of carbonyl (C=O) groups is 2. The van der Waals surface area contributed by atoms with Gasteiger partial charge >= 0.3 is 0 Å². The molecule has 2 amide bonds. The predicted octanol–water partition coefficient (Wildman–Crippen LogP) is 0.942. The first-order valence-corrected chi connectivity index (χ1v) is 6.38. The molecule has 1 heterocycles. The molecule has 6 heteroatoms. The van der Waals surface area contributed by atoms with Crippen molar-refractivity contribution in [3.8, 4) is 5.75 Å². The molecule has 20 heavy (non-hydrogen) atoms. The van der Waals surface area contributed by atoms with Gasteiger partial charge in [0, 0.05) is 13.1 Å². The second-order valence-corrected chi connectivity index (χ2v) is 5.10. The molecule has 1 fully saturated rings. The van der Waals surface area contributed by atoms with Crippen LogP contribution in [0, 0.1) is 5.82 Å². The van der Waals surface area contributed by atoms with Crippen molar-refractivity contribution in [3.63, 3.8) is 0 Å². The minimum absolute atomic E-state index is 0.178. The number of hydrogen-bond donors (Lipinski definition) is 1. The van der Waals surface area contributed by atoms with E-state index in [-0.39, 0.29) is 24.2 Å². The average molecular weight is 280 g/mol. The Balaban J connectivity index is 1.97. The maximum Gasteiger partial charge on any atom is 0.261 e. The fraction of sp³-hybridized carbons (Fsp3) is 0.429. The van der Waals surface area contributed by atoms with E-state index in [2.05, 4.69) is 5.32 Å². The van der Waals surface area contributed by atoms with Crippen LogP contribution in [0.15, 0.2) is 24.3 Å². The lowest BCUT2D eigenvalue weighted by Gasteiger charge is -2.41. The van der Waals surface area contributed by atoms with Gasteiger partial charge in [0.15, 0.2) is 6.61 Å². The Bertz CT molecular complexity index is 514.